The Balaban J connectivity index is 2.40. The second-order valence-electron chi connectivity index (χ2n) is 4.84. The van der Waals surface area contributed by atoms with Crippen LogP contribution in [0.15, 0.2) is 42.6 Å². The highest BCUT2D eigenvalue weighted by Crippen LogP contribution is 2.32. The molecule has 1 heterocycles. The molecule has 7 heteroatoms. The number of aromatic nitrogens is 1. The molecule has 23 heavy (non-hydrogen) atoms. The van der Waals surface area contributed by atoms with E-state index in [1.54, 1.807) is 0 Å². The summed E-state index contributed by atoms with van der Waals surface area (Å²) in [5.74, 6) is -4.62. The van der Waals surface area contributed by atoms with Crippen LogP contribution in [0.2, 0.25) is 0 Å². The van der Waals surface area contributed by atoms with Crippen molar-refractivity contribution >= 4 is 16.9 Å². The third kappa shape index (κ3) is 2.46. The number of carbonyl (C=O) groups is 1. The van der Waals surface area contributed by atoms with Crippen LogP contribution < -0.4 is 4.73 Å². The number of benzene rings is 2. The number of rotatable bonds is 2. The van der Waals surface area contributed by atoms with Crippen LogP contribution in [-0.4, -0.2) is 11.1 Å². The topological polar surface area (TPSA) is 64.2 Å². The summed E-state index contributed by atoms with van der Waals surface area (Å²) in [6.07, 6.45) is 1.04. The summed E-state index contributed by atoms with van der Waals surface area (Å²) < 4.78 is 41.5. The molecular formula is C16H8F3NO3. The summed E-state index contributed by atoms with van der Waals surface area (Å²) in [6, 6.07) is 5.78. The predicted molar refractivity (Wildman–Crippen MR) is 75.2 cm³/mol. The van der Waals surface area contributed by atoms with Gasteiger partial charge in [0.25, 0.3) is 0 Å². The molecular weight excluding hydrogens is 311 g/mol. The maximum Gasteiger partial charge on any atom is 0.335 e. The molecule has 0 aliphatic heterocycles. The lowest BCUT2D eigenvalue weighted by atomic mass is 9.98. The molecule has 0 radical (unpaired) electrons. The van der Waals surface area contributed by atoms with E-state index in [9.17, 15) is 23.2 Å². The SMILES string of the molecule is O=C(O)c1ccc2c(c1)c(-c1c(F)cc(F)cc1F)cc[n+]2[O-]. The first-order valence-electron chi connectivity index (χ1n) is 6.42. The van der Waals surface area contributed by atoms with Crippen LogP contribution in [0.3, 0.4) is 0 Å². The lowest BCUT2D eigenvalue weighted by Crippen LogP contribution is -2.26. The Bertz CT molecular complexity index is 934. The van der Waals surface area contributed by atoms with Gasteiger partial charge in [0.05, 0.1) is 16.5 Å². The van der Waals surface area contributed by atoms with Crippen molar-refractivity contribution in [1.82, 2.24) is 0 Å². The number of aromatic carboxylic acids is 1. The van der Waals surface area contributed by atoms with Crippen LogP contribution in [0.25, 0.3) is 22.0 Å². The standard InChI is InChI=1S/C16H8F3NO3/c17-9-6-12(18)15(13(19)7-9)10-3-4-20(23)14-2-1-8(16(21)22)5-11(10)14/h1-7H,(H,21,22). The number of hydrogen-bond donors (Lipinski definition) is 1. The van der Waals surface area contributed by atoms with E-state index in [0.717, 1.165) is 18.3 Å². The summed E-state index contributed by atoms with van der Waals surface area (Å²) in [5, 5.41) is 20.9. The Morgan fingerprint density at radius 3 is 2.30 bits per heavy atom. The van der Waals surface area contributed by atoms with E-state index in [-0.39, 0.29) is 22.0 Å². The quantitative estimate of drug-likeness (QED) is 0.582. The first-order chi connectivity index (χ1) is 10.9. The Hall–Kier alpha value is -3.09. The summed E-state index contributed by atoms with van der Waals surface area (Å²) >= 11 is 0. The Morgan fingerprint density at radius 2 is 1.70 bits per heavy atom. The molecule has 0 saturated carbocycles. The third-order valence-electron chi connectivity index (χ3n) is 3.42. The number of halogens is 3. The molecule has 0 unspecified atom stereocenters. The summed E-state index contributed by atoms with van der Waals surface area (Å²) in [4.78, 5) is 11.1. The predicted octanol–water partition coefficient (Wildman–Crippen LogP) is 3.26. The van der Waals surface area contributed by atoms with Crippen LogP contribution >= 0.6 is 0 Å². The molecule has 0 bridgehead atoms. The fraction of sp³-hybridized carbons (Fsp3) is 0. The van der Waals surface area contributed by atoms with Gasteiger partial charge < -0.3 is 10.3 Å². The van der Waals surface area contributed by atoms with E-state index >= 15 is 0 Å². The number of nitrogens with zero attached hydrogens (tertiary/aromatic N) is 1. The lowest BCUT2D eigenvalue weighted by molar-refractivity contribution is -0.576. The van der Waals surface area contributed by atoms with Gasteiger partial charge in [0.15, 0.2) is 6.20 Å². The second kappa shape index (κ2) is 5.28. The molecule has 0 spiro atoms. The maximum atomic E-state index is 14.0. The van der Waals surface area contributed by atoms with Crippen molar-refractivity contribution in [3.8, 4) is 11.1 Å². The van der Waals surface area contributed by atoms with E-state index in [1.807, 2.05) is 0 Å². The fourth-order valence-corrected chi connectivity index (χ4v) is 2.41. The number of hydrogen-bond acceptors (Lipinski definition) is 2. The average molecular weight is 319 g/mol. The highest BCUT2D eigenvalue weighted by Gasteiger charge is 2.20. The van der Waals surface area contributed by atoms with Crippen LogP contribution in [0, 0.1) is 22.7 Å². The van der Waals surface area contributed by atoms with Gasteiger partial charge in [-0.1, -0.05) is 0 Å². The number of fused-ring (bicyclic) bond motifs is 1. The van der Waals surface area contributed by atoms with Crippen LogP contribution in [-0.2, 0) is 0 Å². The van der Waals surface area contributed by atoms with E-state index in [0.29, 0.717) is 16.9 Å². The Labute approximate surface area is 127 Å². The molecule has 1 aromatic heterocycles. The Morgan fingerprint density at radius 1 is 1.04 bits per heavy atom. The summed E-state index contributed by atoms with van der Waals surface area (Å²) in [7, 11) is 0. The molecule has 4 nitrogen and oxygen atoms in total. The van der Waals surface area contributed by atoms with Crippen molar-refractivity contribution in [3.05, 3.63) is 70.8 Å². The summed E-state index contributed by atoms with van der Waals surface area (Å²) in [6.45, 7) is 0. The number of carboxylic acid groups (broad SMARTS) is 1. The first-order valence-corrected chi connectivity index (χ1v) is 6.42. The van der Waals surface area contributed by atoms with Gasteiger partial charge in [0.2, 0.25) is 5.52 Å². The molecule has 0 aliphatic rings. The van der Waals surface area contributed by atoms with Crippen molar-refractivity contribution in [2.24, 2.45) is 0 Å². The summed E-state index contributed by atoms with van der Waals surface area (Å²) in [5.41, 5.74) is -0.673. The second-order valence-corrected chi connectivity index (χ2v) is 4.84. The molecule has 1 N–H and O–H groups in total. The van der Waals surface area contributed by atoms with Crippen molar-refractivity contribution < 1.29 is 27.8 Å². The zero-order valence-corrected chi connectivity index (χ0v) is 11.4. The molecule has 2 aromatic carbocycles. The van der Waals surface area contributed by atoms with Gasteiger partial charge in [-0.25, -0.2) is 18.0 Å². The van der Waals surface area contributed by atoms with Gasteiger partial charge in [-0.15, -0.1) is 0 Å². The van der Waals surface area contributed by atoms with Crippen molar-refractivity contribution in [2.75, 3.05) is 0 Å². The Kier molecular flexibility index (Phi) is 3.40. The third-order valence-corrected chi connectivity index (χ3v) is 3.42. The van der Waals surface area contributed by atoms with E-state index in [2.05, 4.69) is 0 Å². The maximum absolute atomic E-state index is 14.0. The normalized spacial score (nSPS) is 10.9. The molecule has 3 rings (SSSR count). The molecule has 0 fully saturated rings. The van der Waals surface area contributed by atoms with Crippen molar-refractivity contribution in [2.45, 2.75) is 0 Å². The van der Waals surface area contributed by atoms with Crippen molar-refractivity contribution in [1.29, 1.82) is 0 Å². The monoisotopic (exact) mass is 319 g/mol. The van der Waals surface area contributed by atoms with Crippen molar-refractivity contribution in [3.63, 3.8) is 0 Å². The van der Waals surface area contributed by atoms with E-state index in [1.165, 1.54) is 12.1 Å². The smallest absolute Gasteiger partial charge is 0.335 e. The minimum Gasteiger partial charge on any atom is -0.618 e. The van der Waals surface area contributed by atoms with Crippen LogP contribution in [0.5, 0.6) is 0 Å². The van der Waals surface area contributed by atoms with E-state index in [4.69, 9.17) is 5.11 Å². The minimum absolute atomic E-state index is 0.0369. The number of carboxylic acids is 1. The lowest BCUT2D eigenvalue weighted by Gasteiger charge is -2.10. The van der Waals surface area contributed by atoms with Gasteiger partial charge in [-0.3, -0.25) is 0 Å². The highest BCUT2D eigenvalue weighted by atomic mass is 19.1. The zero-order chi connectivity index (χ0) is 16.7. The van der Waals surface area contributed by atoms with Gasteiger partial charge in [-0.2, -0.15) is 4.73 Å². The van der Waals surface area contributed by atoms with Gasteiger partial charge >= 0.3 is 5.97 Å². The molecule has 0 amide bonds. The number of pyridine rings is 1. The van der Waals surface area contributed by atoms with Crippen LogP contribution in [0.1, 0.15) is 10.4 Å². The largest absolute Gasteiger partial charge is 0.618 e. The highest BCUT2D eigenvalue weighted by molar-refractivity contribution is 5.98. The zero-order valence-electron chi connectivity index (χ0n) is 11.4. The average Bonchev–Trinajstić information content (AvgIpc) is 2.48. The molecule has 0 aliphatic carbocycles. The first kappa shape index (κ1) is 14.8. The fourth-order valence-electron chi connectivity index (χ4n) is 2.41. The molecule has 116 valence electrons. The van der Waals surface area contributed by atoms with Crippen LogP contribution in [0.4, 0.5) is 13.2 Å². The van der Waals surface area contributed by atoms with Gasteiger partial charge in [0, 0.05) is 29.8 Å². The molecule has 3 aromatic rings. The minimum atomic E-state index is -1.25. The van der Waals surface area contributed by atoms with Gasteiger partial charge in [0.1, 0.15) is 17.5 Å². The molecule has 0 saturated heterocycles. The van der Waals surface area contributed by atoms with E-state index < -0.39 is 29.0 Å². The molecule has 0 atom stereocenters. The van der Waals surface area contributed by atoms with Gasteiger partial charge in [-0.05, 0) is 12.1 Å².